The summed E-state index contributed by atoms with van der Waals surface area (Å²) < 4.78 is 7.45. The average Bonchev–Trinajstić information content (AvgIpc) is 3.61. The fraction of sp³-hybridized carbons (Fsp3) is 0.533. The van der Waals surface area contributed by atoms with Gasteiger partial charge in [-0.3, -0.25) is 9.59 Å². The summed E-state index contributed by atoms with van der Waals surface area (Å²) in [6, 6.07) is 4.58. The van der Waals surface area contributed by atoms with Crippen molar-refractivity contribution in [3.05, 3.63) is 41.9 Å². The van der Waals surface area contributed by atoms with Gasteiger partial charge in [0.2, 0.25) is 5.95 Å². The maximum absolute atomic E-state index is 12.9. The van der Waals surface area contributed by atoms with E-state index in [1.165, 1.54) is 11.1 Å². The Morgan fingerprint density at radius 1 is 1.14 bits per heavy atom. The SMILES string of the molecule is CCN(C[C@@H](CO)NC(=O)c1ccc(Nc2ncc3cc(C(=O)N(C)C)n(C4CCCC4)c3n2)nc1)C(=O)OC(C)(C)C. The van der Waals surface area contributed by atoms with Crippen LogP contribution in [0.2, 0.25) is 0 Å². The summed E-state index contributed by atoms with van der Waals surface area (Å²) >= 11 is 0. The summed E-state index contributed by atoms with van der Waals surface area (Å²) in [6.45, 7) is 7.21. The Morgan fingerprint density at radius 3 is 2.44 bits per heavy atom. The smallest absolute Gasteiger partial charge is 0.410 e. The molecule has 0 saturated heterocycles. The summed E-state index contributed by atoms with van der Waals surface area (Å²) in [7, 11) is 3.47. The minimum absolute atomic E-state index is 0.0781. The van der Waals surface area contributed by atoms with Crippen molar-refractivity contribution in [2.75, 3.05) is 39.1 Å². The van der Waals surface area contributed by atoms with Gasteiger partial charge in [-0.25, -0.2) is 14.8 Å². The van der Waals surface area contributed by atoms with E-state index in [0.29, 0.717) is 29.7 Å². The van der Waals surface area contributed by atoms with Crippen molar-refractivity contribution in [2.45, 2.75) is 71.1 Å². The third-order valence-electron chi connectivity index (χ3n) is 7.19. The normalized spacial score (nSPS) is 14.4. The van der Waals surface area contributed by atoms with E-state index in [9.17, 15) is 19.5 Å². The van der Waals surface area contributed by atoms with E-state index >= 15 is 0 Å². The number of rotatable bonds is 10. The Morgan fingerprint density at radius 2 is 1.86 bits per heavy atom. The van der Waals surface area contributed by atoms with Crippen molar-refractivity contribution in [3.8, 4) is 0 Å². The first kappa shape index (κ1) is 31.7. The van der Waals surface area contributed by atoms with E-state index in [-0.39, 0.29) is 30.7 Å². The van der Waals surface area contributed by atoms with Crippen LogP contribution in [0, 0.1) is 0 Å². The first-order valence-electron chi connectivity index (χ1n) is 14.6. The molecule has 1 aliphatic carbocycles. The maximum Gasteiger partial charge on any atom is 0.410 e. The van der Waals surface area contributed by atoms with E-state index in [0.717, 1.165) is 31.1 Å². The van der Waals surface area contributed by atoms with Crippen LogP contribution in [0.15, 0.2) is 30.6 Å². The molecule has 0 spiro atoms. The van der Waals surface area contributed by atoms with Crippen molar-refractivity contribution in [3.63, 3.8) is 0 Å². The van der Waals surface area contributed by atoms with Gasteiger partial charge < -0.3 is 34.8 Å². The van der Waals surface area contributed by atoms with Crippen LogP contribution < -0.4 is 10.6 Å². The number of amides is 3. The molecule has 0 unspecified atom stereocenters. The lowest BCUT2D eigenvalue weighted by molar-refractivity contribution is 0.0227. The number of pyridine rings is 1. The van der Waals surface area contributed by atoms with Crippen LogP contribution in [0.5, 0.6) is 0 Å². The van der Waals surface area contributed by atoms with Crippen LogP contribution in [-0.2, 0) is 4.74 Å². The molecule has 4 rings (SSSR count). The number of carbonyl (C=O) groups is 3. The number of carbonyl (C=O) groups excluding carboxylic acids is 3. The van der Waals surface area contributed by atoms with E-state index in [1.54, 1.807) is 65.0 Å². The molecular weight excluding hydrogens is 552 g/mol. The van der Waals surface area contributed by atoms with E-state index in [1.807, 2.05) is 10.6 Å². The van der Waals surface area contributed by atoms with Crippen LogP contribution in [0.3, 0.4) is 0 Å². The summed E-state index contributed by atoms with van der Waals surface area (Å²) in [4.78, 5) is 54.8. The zero-order valence-electron chi connectivity index (χ0n) is 25.8. The Kier molecular flexibility index (Phi) is 9.84. The molecule has 13 nitrogen and oxygen atoms in total. The van der Waals surface area contributed by atoms with E-state index < -0.39 is 23.6 Å². The van der Waals surface area contributed by atoms with Crippen LogP contribution in [0.1, 0.15) is 80.3 Å². The van der Waals surface area contributed by atoms with Crippen LogP contribution >= 0.6 is 0 Å². The number of ether oxygens (including phenoxy) is 1. The van der Waals surface area contributed by atoms with Gasteiger partial charge >= 0.3 is 6.09 Å². The Balaban J connectivity index is 1.46. The fourth-order valence-electron chi connectivity index (χ4n) is 5.05. The van der Waals surface area contributed by atoms with Crippen LogP contribution in [0.25, 0.3) is 11.0 Å². The number of nitrogens with one attached hydrogen (secondary N) is 2. The number of anilines is 2. The molecule has 43 heavy (non-hydrogen) atoms. The zero-order valence-corrected chi connectivity index (χ0v) is 25.8. The maximum atomic E-state index is 12.9. The highest BCUT2D eigenvalue weighted by Crippen LogP contribution is 2.35. The molecular formula is C30H42N8O5. The highest BCUT2D eigenvalue weighted by Gasteiger charge is 2.27. The molecule has 1 fully saturated rings. The molecule has 1 saturated carbocycles. The van der Waals surface area contributed by atoms with Gasteiger partial charge in [0.25, 0.3) is 11.8 Å². The standard InChI is InChI=1S/C30H42N8O5/c1-7-37(29(42)43-30(2,3)4)17-21(18-39)33-26(40)19-12-13-24(31-15-19)34-28-32-16-20-14-23(27(41)36(5)6)38(25(20)35-28)22-10-8-9-11-22/h12-16,21-22,39H,7-11,17-18H2,1-6H3,(H,33,40)(H,31,32,34,35)/t21-/m0/s1. The topological polar surface area (TPSA) is 155 Å². The van der Waals surface area contributed by atoms with Crippen LogP contribution in [0.4, 0.5) is 16.6 Å². The second kappa shape index (κ2) is 13.4. The number of hydrogen-bond donors (Lipinski definition) is 3. The highest BCUT2D eigenvalue weighted by molar-refractivity contribution is 5.98. The summed E-state index contributed by atoms with van der Waals surface area (Å²) in [5, 5.41) is 16.5. The van der Waals surface area contributed by atoms with Gasteiger partial charge in [0.1, 0.15) is 22.8 Å². The summed E-state index contributed by atoms with van der Waals surface area (Å²) in [6.07, 6.45) is 6.78. The molecule has 3 aromatic rings. The van der Waals surface area contributed by atoms with Gasteiger partial charge in [0, 0.05) is 51.0 Å². The molecule has 0 bridgehead atoms. The second-order valence-electron chi connectivity index (χ2n) is 11.9. The molecule has 3 amide bonds. The number of aromatic nitrogens is 4. The molecule has 13 heteroatoms. The molecule has 232 valence electrons. The minimum Gasteiger partial charge on any atom is -0.444 e. The number of nitrogens with zero attached hydrogens (tertiary/aromatic N) is 6. The quantitative estimate of drug-likeness (QED) is 0.318. The predicted octanol–water partition coefficient (Wildman–Crippen LogP) is 3.73. The first-order chi connectivity index (χ1) is 20.4. The van der Waals surface area contributed by atoms with E-state index in [4.69, 9.17) is 9.72 Å². The van der Waals surface area contributed by atoms with Crippen molar-refractivity contribution in [1.29, 1.82) is 0 Å². The van der Waals surface area contributed by atoms with Gasteiger partial charge in [-0.2, -0.15) is 4.98 Å². The van der Waals surface area contributed by atoms with Gasteiger partial charge in [-0.15, -0.1) is 0 Å². The van der Waals surface area contributed by atoms with Gasteiger partial charge in [0.05, 0.1) is 18.2 Å². The number of hydrogen-bond acceptors (Lipinski definition) is 9. The first-order valence-corrected chi connectivity index (χ1v) is 14.6. The molecule has 0 aromatic carbocycles. The molecule has 1 aliphatic rings. The zero-order chi connectivity index (χ0) is 31.3. The Bertz CT molecular complexity index is 1440. The molecule has 3 aromatic heterocycles. The Hall–Kier alpha value is -4.26. The summed E-state index contributed by atoms with van der Waals surface area (Å²) in [5.74, 6) is 0.231. The third kappa shape index (κ3) is 7.78. The average molecular weight is 595 g/mol. The van der Waals surface area contributed by atoms with Gasteiger partial charge in [-0.1, -0.05) is 12.8 Å². The predicted molar refractivity (Wildman–Crippen MR) is 162 cm³/mol. The van der Waals surface area contributed by atoms with Gasteiger partial charge in [-0.05, 0) is 58.7 Å². The van der Waals surface area contributed by atoms with Crippen molar-refractivity contribution < 1.29 is 24.2 Å². The Labute approximate surface area is 251 Å². The lowest BCUT2D eigenvalue weighted by atomic mass is 10.2. The highest BCUT2D eigenvalue weighted by atomic mass is 16.6. The molecule has 3 heterocycles. The number of aliphatic hydroxyl groups excluding tert-OH is 1. The molecule has 0 radical (unpaired) electrons. The molecule has 1 atom stereocenters. The monoisotopic (exact) mass is 594 g/mol. The van der Waals surface area contributed by atoms with Crippen molar-refractivity contribution in [2.24, 2.45) is 0 Å². The van der Waals surface area contributed by atoms with Crippen LogP contribution in [-0.4, -0.2) is 97.8 Å². The molecule has 0 aliphatic heterocycles. The lowest BCUT2D eigenvalue weighted by Gasteiger charge is -2.29. The number of likely N-dealkylation sites (N-methyl/N-ethyl adjacent to an activating group) is 1. The molecule has 3 N–H and O–H groups in total. The summed E-state index contributed by atoms with van der Waals surface area (Å²) in [5.41, 5.74) is 0.909. The minimum atomic E-state index is -0.696. The number of aliphatic hydroxyl groups is 1. The second-order valence-corrected chi connectivity index (χ2v) is 11.9. The fourth-order valence-corrected chi connectivity index (χ4v) is 5.05. The van der Waals surface area contributed by atoms with Crippen molar-refractivity contribution in [1.82, 2.24) is 34.6 Å². The van der Waals surface area contributed by atoms with E-state index in [2.05, 4.69) is 20.6 Å². The van der Waals surface area contributed by atoms with Crippen molar-refractivity contribution >= 4 is 40.7 Å². The third-order valence-corrected chi connectivity index (χ3v) is 7.19. The lowest BCUT2D eigenvalue weighted by Crippen LogP contribution is -2.48. The number of fused-ring (bicyclic) bond motifs is 1. The largest absolute Gasteiger partial charge is 0.444 e. The van der Waals surface area contributed by atoms with Gasteiger partial charge in [0.15, 0.2) is 0 Å².